The lowest BCUT2D eigenvalue weighted by Gasteiger charge is -1.97. The SMILES string of the molecule is CCCCOC(=O)CF. The van der Waals surface area contributed by atoms with E-state index in [4.69, 9.17) is 0 Å². The van der Waals surface area contributed by atoms with E-state index in [0.29, 0.717) is 6.61 Å². The van der Waals surface area contributed by atoms with E-state index in [-0.39, 0.29) is 0 Å². The molecular formula is C6H11FO2. The molecule has 3 heteroatoms. The summed E-state index contributed by atoms with van der Waals surface area (Å²) in [5.74, 6) is -0.761. The molecule has 0 unspecified atom stereocenters. The molecule has 0 rings (SSSR count). The molecule has 0 aromatic carbocycles. The van der Waals surface area contributed by atoms with Crippen molar-refractivity contribution in [3.63, 3.8) is 0 Å². The Morgan fingerprint density at radius 2 is 2.33 bits per heavy atom. The second-order valence-corrected chi connectivity index (χ2v) is 1.71. The normalized spacial score (nSPS) is 9.11. The number of ether oxygens (including phenoxy) is 1. The van der Waals surface area contributed by atoms with Gasteiger partial charge in [-0.25, -0.2) is 9.18 Å². The quantitative estimate of drug-likeness (QED) is 0.428. The van der Waals surface area contributed by atoms with Crippen LogP contribution in [-0.4, -0.2) is 19.3 Å². The van der Waals surface area contributed by atoms with Crippen LogP contribution in [0.3, 0.4) is 0 Å². The Morgan fingerprint density at radius 1 is 1.67 bits per heavy atom. The molecule has 0 aliphatic rings. The van der Waals surface area contributed by atoms with Gasteiger partial charge in [0.05, 0.1) is 6.61 Å². The second-order valence-electron chi connectivity index (χ2n) is 1.71. The highest BCUT2D eigenvalue weighted by Gasteiger charge is 1.97. The monoisotopic (exact) mass is 134 g/mol. The van der Waals surface area contributed by atoms with Crippen molar-refractivity contribution in [1.82, 2.24) is 0 Å². The smallest absolute Gasteiger partial charge is 0.337 e. The van der Waals surface area contributed by atoms with Gasteiger partial charge in [-0.05, 0) is 6.42 Å². The molecule has 0 radical (unpaired) electrons. The van der Waals surface area contributed by atoms with Crippen LogP contribution in [0.2, 0.25) is 0 Å². The van der Waals surface area contributed by atoms with Gasteiger partial charge < -0.3 is 4.74 Å². The molecule has 0 aliphatic heterocycles. The third-order valence-electron chi connectivity index (χ3n) is 0.870. The molecule has 54 valence electrons. The number of carbonyl (C=O) groups excluding carboxylic acids is 1. The van der Waals surface area contributed by atoms with Gasteiger partial charge in [0.15, 0.2) is 6.67 Å². The summed E-state index contributed by atoms with van der Waals surface area (Å²) in [4.78, 5) is 10.1. The number of carbonyl (C=O) groups is 1. The van der Waals surface area contributed by atoms with Gasteiger partial charge in [0.1, 0.15) is 0 Å². The fourth-order valence-electron chi connectivity index (χ4n) is 0.369. The van der Waals surface area contributed by atoms with Crippen molar-refractivity contribution in [2.45, 2.75) is 19.8 Å². The minimum atomic E-state index is -1.01. The fourth-order valence-corrected chi connectivity index (χ4v) is 0.369. The van der Waals surface area contributed by atoms with Crippen LogP contribution in [0, 0.1) is 0 Å². The lowest BCUT2D eigenvalue weighted by molar-refractivity contribution is -0.144. The molecule has 0 saturated heterocycles. The zero-order valence-electron chi connectivity index (χ0n) is 5.52. The van der Waals surface area contributed by atoms with Gasteiger partial charge in [-0.1, -0.05) is 13.3 Å². The maximum Gasteiger partial charge on any atom is 0.337 e. The Hall–Kier alpha value is -0.600. The number of hydrogen-bond donors (Lipinski definition) is 0. The zero-order chi connectivity index (χ0) is 7.11. The molecule has 0 atom stereocenters. The van der Waals surface area contributed by atoms with Crippen LogP contribution in [0.25, 0.3) is 0 Å². The fraction of sp³-hybridized carbons (Fsp3) is 0.833. The van der Waals surface area contributed by atoms with Crippen LogP contribution in [-0.2, 0) is 9.53 Å². The first-order valence-electron chi connectivity index (χ1n) is 3.02. The van der Waals surface area contributed by atoms with Gasteiger partial charge in [-0.15, -0.1) is 0 Å². The van der Waals surface area contributed by atoms with E-state index in [9.17, 15) is 9.18 Å². The van der Waals surface area contributed by atoms with Gasteiger partial charge in [0.2, 0.25) is 0 Å². The van der Waals surface area contributed by atoms with Crippen LogP contribution >= 0.6 is 0 Å². The molecule has 0 spiro atoms. The molecule has 0 saturated carbocycles. The minimum Gasteiger partial charge on any atom is -0.464 e. The first-order valence-corrected chi connectivity index (χ1v) is 3.02. The van der Waals surface area contributed by atoms with E-state index in [1.807, 2.05) is 6.92 Å². The summed E-state index contributed by atoms with van der Waals surface area (Å²) >= 11 is 0. The summed E-state index contributed by atoms with van der Waals surface area (Å²) in [5, 5.41) is 0. The van der Waals surface area contributed by atoms with Crippen molar-refractivity contribution in [2.75, 3.05) is 13.3 Å². The average molecular weight is 134 g/mol. The highest BCUT2D eigenvalue weighted by atomic mass is 19.1. The van der Waals surface area contributed by atoms with Gasteiger partial charge in [0, 0.05) is 0 Å². The van der Waals surface area contributed by atoms with Crippen molar-refractivity contribution < 1.29 is 13.9 Å². The first-order chi connectivity index (χ1) is 4.31. The summed E-state index contributed by atoms with van der Waals surface area (Å²) in [7, 11) is 0. The van der Waals surface area contributed by atoms with E-state index in [1.165, 1.54) is 0 Å². The van der Waals surface area contributed by atoms with Gasteiger partial charge in [-0.2, -0.15) is 0 Å². The Balaban J connectivity index is 2.97. The summed E-state index contributed by atoms with van der Waals surface area (Å²) in [6, 6.07) is 0. The Labute approximate surface area is 54.0 Å². The van der Waals surface area contributed by atoms with Gasteiger partial charge in [-0.3, -0.25) is 0 Å². The van der Waals surface area contributed by atoms with Crippen LogP contribution in [0.5, 0.6) is 0 Å². The highest BCUT2D eigenvalue weighted by molar-refractivity contribution is 5.70. The lowest BCUT2D eigenvalue weighted by Crippen LogP contribution is -2.06. The number of halogens is 1. The maximum atomic E-state index is 11.3. The van der Waals surface area contributed by atoms with E-state index in [0.717, 1.165) is 12.8 Å². The third-order valence-corrected chi connectivity index (χ3v) is 0.870. The number of esters is 1. The number of unbranched alkanes of at least 4 members (excludes halogenated alkanes) is 1. The molecular weight excluding hydrogens is 123 g/mol. The maximum absolute atomic E-state index is 11.3. The van der Waals surface area contributed by atoms with Crippen LogP contribution in [0.15, 0.2) is 0 Å². The van der Waals surface area contributed by atoms with E-state index < -0.39 is 12.6 Å². The number of alkyl halides is 1. The van der Waals surface area contributed by atoms with Crippen LogP contribution < -0.4 is 0 Å². The Morgan fingerprint density at radius 3 is 2.78 bits per heavy atom. The Bertz CT molecular complexity index is 83.1. The molecule has 0 N–H and O–H groups in total. The largest absolute Gasteiger partial charge is 0.464 e. The number of rotatable bonds is 4. The van der Waals surface area contributed by atoms with Crippen molar-refractivity contribution in [3.8, 4) is 0 Å². The Kier molecular flexibility index (Phi) is 5.17. The van der Waals surface area contributed by atoms with Crippen LogP contribution in [0.1, 0.15) is 19.8 Å². The second kappa shape index (κ2) is 5.54. The summed E-state index contributed by atoms with van der Waals surface area (Å²) in [5.41, 5.74) is 0. The summed E-state index contributed by atoms with van der Waals surface area (Å²) in [6.07, 6.45) is 1.77. The van der Waals surface area contributed by atoms with E-state index >= 15 is 0 Å². The minimum absolute atomic E-state index is 0.346. The topological polar surface area (TPSA) is 26.3 Å². The predicted octanol–water partition coefficient (Wildman–Crippen LogP) is 1.30. The third kappa shape index (κ3) is 5.27. The van der Waals surface area contributed by atoms with Gasteiger partial charge in [0.25, 0.3) is 0 Å². The number of hydrogen-bond acceptors (Lipinski definition) is 2. The molecule has 0 aromatic heterocycles. The van der Waals surface area contributed by atoms with E-state index in [1.54, 1.807) is 0 Å². The predicted molar refractivity (Wildman–Crippen MR) is 31.8 cm³/mol. The standard InChI is InChI=1S/C6H11FO2/c1-2-3-4-9-6(8)5-7/h2-5H2,1H3. The van der Waals surface area contributed by atoms with Crippen molar-refractivity contribution >= 4 is 5.97 Å². The molecule has 0 bridgehead atoms. The molecule has 9 heavy (non-hydrogen) atoms. The molecule has 0 amide bonds. The van der Waals surface area contributed by atoms with Crippen molar-refractivity contribution in [1.29, 1.82) is 0 Å². The summed E-state index contributed by atoms with van der Waals surface area (Å²) < 4.78 is 15.8. The van der Waals surface area contributed by atoms with Crippen LogP contribution in [0.4, 0.5) is 4.39 Å². The lowest BCUT2D eigenvalue weighted by atomic mass is 10.4. The average Bonchev–Trinajstić information content (AvgIpc) is 1.89. The molecule has 0 aliphatic carbocycles. The molecule has 2 nitrogen and oxygen atoms in total. The molecule has 0 heterocycles. The van der Waals surface area contributed by atoms with Gasteiger partial charge >= 0.3 is 5.97 Å². The zero-order valence-corrected chi connectivity index (χ0v) is 5.52. The van der Waals surface area contributed by atoms with E-state index in [2.05, 4.69) is 4.74 Å². The van der Waals surface area contributed by atoms with Crippen molar-refractivity contribution in [2.24, 2.45) is 0 Å². The highest BCUT2D eigenvalue weighted by Crippen LogP contribution is 1.88. The van der Waals surface area contributed by atoms with Crippen molar-refractivity contribution in [3.05, 3.63) is 0 Å². The molecule has 0 fully saturated rings. The first kappa shape index (κ1) is 8.40. The molecule has 0 aromatic rings. The summed E-state index contributed by atoms with van der Waals surface area (Å²) in [6.45, 7) is 1.31.